The van der Waals surface area contributed by atoms with Crippen LogP contribution in [-0.2, 0) is 14.6 Å². The molecule has 130 valence electrons. The van der Waals surface area contributed by atoms with Gasteiger partial charge in [-0.1, -0.05) is 12.8 Å². The van der Waals surface area contributed by atoms with Crippen molar-refractivity contribution in [3.63, 3.8) is 0 Å². The number of nitrogens with one attached hydrogen (secondary N) is 1. The van der Waals surface area contributed by atoms with E-state index in [2.05, 4.69) is 5.32 Å². The van der Waals surface area contributed by atoms with Gasteiger partial charge in [0, 0.05) is 10.8 Å². The number of nitriles is 1. The molecule has 2 rings (SSSR count). The molecule has 0 bridgehead atoms. The Balaban J connectivity index is 2.13. The van der Waals surface area contributed by atoms with E-state index in [1.54, 1.807) is 36.0 Å². The molecule has 5 nitrogen and oxygen atoms in total. The van der Waals surface area contributed by atoms with Crippen molar-refractivity contribution in [2.75, 3.05) is 18.6 Å². The van der Waals surface area contributed by atoms with E-state index >= 15 is 0 Å². The highest BCUT2D eigenvalue weighted by Gasteiger charge is 2.34. The Bertz CT molecular complexity index is 708. The maximum absolute atomic E-state index is 12.7. The monoisotopic (exact) mass is 366 g/mol. The van der Waals surface area contributed by atoms with Crippen LogP contribution >= 0.6 is 11.8 Å². The van der Waals surface area contributed by atoms with E-state index < -0.39 is 9.84 Å². The second-order valence-electron chi connectivity index (χ2n) is 5.98. The number of hydrogen-bond donors (Lipinski definition) is 1. The molecule has 7 heteroatoms. The number of benzene rings is 1. The lowest BCUT2D eigenvalue weighted by molar-refractivity contribution is -0.127. The van der Waals surface area contributed by atoms with Crippen molar-refractivity contribution in [3.8, 4) is 6.07 Å². The SMILES string of the molecule is CSc1ccc(S(=O)(=O)CC2CCCC[C@H]2C(=O)NCC#N)cc1. The van der Waals surface area contributed by atoms with Crippen molar-refractivity contribution < 1.29 is 13.2 Å². The van der Waals surface area contributed by atoms with Crippen LogP contribution < -0.4 is 5.32 Å². The van der Waals surface area contributed by atoms with E-state index in [0.717, 1.165) is 24.2 Å². The van der Waals surface area contributed by atoms with E-state index in [1.165, 1.54) is 0 Å². The highest BCUT2D eigenvalue weighted by molar-refractivity contribution is 7.98. The molecule has 0 radical (unpaired) electrons. The molecule has 0 spiro atoms. The van der Waals surface area contributed by atoms with Crippen molar-refractivity contribution >= 4 is 27.5 Å². The average molecular weight is 367 g/mol. The smallest absolute Gasteiger partial charge is 0.224 e. The highest BCUT2D eigenvalue weighted by atomic mass is 32.2. The molecule has 1 aromatic rings. The van der Waals surface area contributed by atoms with Gasteiger partial charge in [-0.25, -0.2) is 8.42 Å². The van der Waals surface area contributed by atoms with Gasteiger partial charge in [0.15, 0.2) is 9.84 Å². The summed E-state index contributed by atoms with van der Waals surface area (Å²) in [5.74, 6) is -0.736. The Morgan fingerprint density at radius 3 is 2.58 bits per heavy atom. The van der Waals surface area contributed by atoms with Gasteiger partial charge in [0.1, 0.15) is 6.54 Å². The Morgan fingerprint density at radius 1 is 1.29 bits per heavy atom. The second kappa shape index (κ2) is 8.54. The first-order chi connectivity index (χ1) is 11.5. The van der Waals surface area contributed by atoms with Crippen molar-refractivity contribution in [2.24, 2.45) is 11.8 Å². The third-order valence-corrected chi connectivity index (χ3v) is 7.04. The second-order valence-corrected chi connectivity index (χ2v) is 8.90. The van der Waals surface area contributed by atoms with Gasteiger partial charge in [0.05, 0.1) is 16.7 Å². The predicted octanol–water partition coefficient (Wildman–Crippen LogP) is 2.63. The molecular formula is C17H22N2O3S2. The molecule has 1 aromatic carbocycles. The first-order valence-corrected chi connectivity index (χ1v) is 10.9. The summed E-state index contributed by atoms with van der Waals surface area (Å²) in [7, 11) is -3.43. The third kappa shape index (κ3) is 4.74. The summed E-state index contributed by atoms with van der Waals surface area (Å²) >= 11 is 1.56. The van der Waals surface area contributed by atoms with Crippen LogP contribution in [0.15, 0.2) is 34.1 Å². The summed E-state index contributed by atoms with van der Waals surface area (Å²) in [4.78, 5) is 13.5. The molecular weight excluding hydrogens is 344 g/mol. The predicted molar refractivity (Wildman–Crippen MR) is 94.3 cm³/mol. The quantitative estimate of drug-likeness (QED) is 0.618. The van der Waals surface area contributed by atoms with Crippen LogP contribution in [0.25, 0.3) is 0 Å². The molecule has 24 heavy (non-hydrogen) atoms. The van der Waals surface area contributed by atoms with Crippen molar-refractivity contribution in [2.45, 2.75) is 35.5 Å². The van der Waals surface area contributed by atoms with Crippen LogP contribution in [0, 0.1) is 23.2 Å². The fraction of sp³-hybridized carbons (Fsp3) is 0.529. The molecule has 0 saturated heterocycles. The molecule has 1 N–H and O–H groups in total. The van der Waals surface area contributed by atoms with E-state index in [4.69, 9.17) is 5.26 Å². The zero-order valence-electron chi connectivity index (χ0n) is 13.7. The normalized spacial score (nSPS) is 21.0. The van der Waals surface area contributed by atoms with E-state index in [1.807, 2.05) is 12.3 Å². The maximum atomic E-state index is 12.7. The minimum Gasteiger partial charge on any atom is -0.343 e. The van der Waals surface area contributed by atoms with Crippen LogP contribution in [-0.4, -0.2) is 32.9 Å². The van der Waals surface area contributed by atoms with Crippen LogP contribution in [0.3, 0.4) is 0 Å². The molecule has 1 saturated carbocycles. The molecule has 1 aliphatic rings. The summed E-state index contributed by atoms with van der Waals surface area (Å²) in [6.07, 6.45) is 5.21. The summed E-state index contributed by atoms with van der Waals surface area (Å²) in [5, 5.41) is 11.2. The molecule has 0 aromatic heterocycles. The van der Waals surface area contributed by atoms with Gasteiger partial charge in [-0.3, -0.25) is 4.79 Å². The number of rotatable bonds is 6. The maximum Gasteiger partial charge on any atom is 0.224 e. The summed E-state index contributed by atoms with van der Waals surface area (Å²) < 4.78 is 25.4. The van der Waals surface area contributed by atoms with Gasteiger partial charge in [0.25, 0.3) is 0 Å². The number of carbonyl (C=O) groups is 1. The van der Waals surface area contributed by atoms with Gasteiger partial charge >= 0.3 is 0 Å². The van der Waals surface area contributed by atoms with Crippen LogP contribution in [0.5, 0.6) is 0 Å². The van der Waals surface area contributed by atoms with Gasteiger partial charge in [-0.15, -0.1) is 11.8 Å². The molecule has 1 aliphatic carbocycles. The fourth-order valence-electron chi connectivity index (χ4n) is 3.17. The number of thioether (sulfide) groups is 1. The minimum absolute atomic E-state index is 0.0176. The molecule has 1 amide bonds. The van der Waals surface area contributed by atoms with Gasteiger partial charge in [-0.2, -0.15) is 5.26 Å². The van der Waals surface area contributed by atoms with Crippen molar-refractivity contribution in [3.05, 3.63) is 24.3 Å². The van der Waals surface area contributed by atoms with Crippen LogP contribution in [0.4, 0.5) is 0 Å². The fourth-order valence-corrected chi connectivity index (χ4v) is 5.29. The first-order valence-electron chi connectivity index (χ1n) is 7.99. The summed E-state index contributed by atoms with van der Waals surface area (Å²) in [6.45, 7) is -0.0368. The lowest BCUT2D eigenvalue weighted by Gasteiger charge is -2.30. The third-order valence-electron chi connectivity index (χ3n) is 4.44. The van der Waals surface area contributed by atoms with Crippen molar-refractivity contribution in [1.82, 2.24) is 5.32 Å². The largest absolute Gasteiger partial charge is 0.343 e. The topological polar surface area (TPSA) is 87.0 Å². The lowest BCUT2D eigenvalue weighted by atomic mass is 9.80. The zero-order chi connectivity index (χ0) is 17.6. The van der Waals surface area contributed by atoms with Crippen LogP contribution in [0.1, 0.15) is 25.7 Å². The Hall–Kier alpha value is -1.52. The molecule has 1 unspecified atom stereocenters. The Kier molecular flexibility index (Phi) is 6.69. The van der Waals surface area contributed by atoms with E-state index in [-0.39, 0.29) is 30.0 Å². The Morgan fingerprint density at radius 2 is 1.96 bits per heavy atom. The zero-order valence-corrected chi connectivity index (χ0v) is 15.3. The van der Waals surface area contributed by atoms with Crippen LogP contribution in [0.2, 0.25) is 0 Å². The summed E-state index contributed by atoms with van der Waals surface area (Å²) in [5.41, 5.74) is 0. The standard InChI is InChI=1S/C17H22N2O3S2/c1-23-14-6-8-15(9-7-14)24(21,22)12-13-4-2-3-5-16(13)17(20)19-11-10-18/h6-9,13,16H,2-5,11-12H2,1H3,(H,19,20)/t13?,16-/m1/s1. The molecule has 1 fully saturated rings. The summed E-state index contributed by atoms with van der Waals surface area (Å²) in [6, 6.07) is 8.75. The average Bonchev–Trinajstić information content (AvgIpc) is 2.60. The number of nitrogens with zero attached hydrogens (tertiary/aromatic N) is 1. The van der Waals surface area contributed by atoms with Gasteiger partial charge in [0.2, 0.25) is 5.91 Å². The van der Waals surface area contributed by atoms with Gasteiger partial charge < -0.3 is 5.32 Å². The number of sulfone groups is 1. The highest BCUT2D eigenvalue weighted by Crippen LogP contribution is 2.33. The van der Waals surface area contributed by atoms with Gasteiger partial charge in [-0.05, 0) is 49.3 Å². The first kappa shape index (κ1) is 18.8. The minimum atomic E-state index is -3.43. The number of carbonyl (C=O) groups excluding carboxylic acids is 1. The molecule has 2 atom stereocenters. The molecule has 0 aliphatic heterocycles. The number of hydrogen-bond acceptors (Lipinski definition) is 5. The number of amides is 1. The lowest BCUT2D eigenvalue weighted by Crippen LogP contribution is -2.39. The van der Waals surface area contributed by atoms with E-state index in [0.29, 0.717) is 11.3 Å². The van der Waals surface area contributed by atoms with Crippen molar-refractivity contribution in [1.29, 1.82) is 5.26 Å². The Labute approximate surface area is 147 Å². The molecule has 0 heterocycles. The van der Waals surface area contributed by atoms with E-state index in [9.17, 15) is 13.2 Å².